The molecular formula is C25H24ClFN6O2. The van der Waals surface area contributed by atoms with E-state index in [0.717, 1.165) is 18.4 Å². The van der Waals surface area contributed by atoms with Gasteiger partial charge in [-0.2, -0.15) is 5.10 Å². The van der Waals surface area contributed by atoms with Crippen LogP contribution in [0.1, 0.15) is 61.0 Å². The molecule has 2 aliphatic rings. The molecule has 0 N–H and O–H groups in total. The third kappa shape index (κ3) is 4.02. The van der Waals surface area contributed by atoms with E-state index >= 15 is 0 Å². The van der Waals surface area contributed by atoms with E-state index in [4.69, 9.17) is 21.3 Å². The minimum Gasteiger partial charge on any atom is -0.373 e. The van der Waals surface area contributed by atoms with Gasteiger partial charge in [0.05, 0.1) is 18.3 Å². The van der Waals surface area contributed by atoms with Crippen LogP contribution in [0, 0.1) is 12.7 Å². The van der Waals surface area contributed by atoms with Gasteiger partial charge in [0.2, 0.25) is 0 Å². The topological polar surface area (TPSA) is 87.7 Å². The Morgan fingerprint density at radius 2 is 1.97 bits per heavy atom. The minimum atomic E-state index is -0.527. The van der Waals surface area contributed by atoms with Gasteiger partial charge >= 0.3 is 0 Å². The second kappa shape index (κ2) is 8.49. The first-order chi connectivity index (χ1) is 16.9. The predicted molar refractivity (Wildman–Crippen MR) is 129 cm³/mol. The Hall–Kier alpha value is -3.17. The quantitative estimate of drug-likeness (QED) is 0.410. The maximum Gasteiger partial charge on any atom is 0.279 e. The molecule has 4 heterocycles. The Balaban J connectivity index is 1.45. The zero-order chi connectivity index (χ0) is 24.3. The molecule has 1 aliphatic carbocycles. The summed E-state index contributed by atoms with van der Waals surface area (Å²) >= 11 is 5.98. The molecule has 35 heavy (non-hydrogen) atoms. The largest absolute Gasteiger partial charge is 0.373 e. The number of fused-ring (bicyclic) bond motifs is 1. The lowest BCUT2D eigenvalue weighted by atomic mass is 9.92. The van der Waals surface area contributed by atoms with Crippen LogP contribution < -0.4 is 5.56 Å². The maximum absolute atomic E-state index is 15.0. The molecule has 1 aromatic carbocycles. The molecule has 4 aromatic rings. The Morgan fingerprint density at radius 3 is 2.74 bits per heavy atom. The molecule has 180 valence electrons. The summed E-state index contributed by atoms with van der Waals surface area (Å²) in [5.74, 6) is 0.393. The molecule has 6 rings (SSSR count). The number of benzene rings is 1. The Kier molecular flexibility index (Phi) is 5.41. The molecule has 0 bridgehead atoms. The molecule has 2 atom stereocenters. The van der Waals surface area contributed by atoms with Crippen LogP contribution in [-0.2, 0) is 11.8 Å². The molecule has 2 fully saturated rings. The minimum absolute atomic E-state index is 0.0671. The SMILES string of the molecule is Cc1nc2c(-c3ccc(Cl)cc3F)nc(C3CCOC(c4cnn(C5CC5)c4)C3)nc2c(=O)n1C. The monoisotopic (exact) mass is 494 g/mol. The van der Waals surface area contributed by atoms with Gasteiger partial charge < -0.3 is 4.74 Å². The number of aromatic nitrogens is 6. The number of aryl methyl sites for hydroxylation is 1. The number of ether oxygens (including phenoxy) is 1. The zero-order valence-electron chi connectivity index (χ0n) is 19.4. The van der Waals surface area contributed by atoms with E-state index in [1.807, 2.05) is 10.9 Å². The van der Waals surface area contributed by atoms with Crippen LogP contribution in [-0.4, -0.2) is 35.9 Å². The summed E-state index contributed by atoms with van der Waals surface area (Å²) in [6.45, 7) is 2.25. The summed E-state index contributed by atoms with van der Waals surface area (Å²) in [4.78, 5) is 27.2. The van der Waals surface area contributed by atoms with Crippen molar-refractivity contribution in [1.29, 1.82) is 0 Å². The standard InChI is InChI=1S/C25H24ClFN6O2/c1-13-29-22-21(18-6-3-16(26)10-19(18)27)30-24(31-23(22)25(34)32(13)2)14-7-8-35-20(9-14)15-11-28-33(12-15)17-4-5-17/h3,6,10-12,14,17,20H,4-5,7-9H2,1-2H3. The molecule has 0 radical (unpaired) electrons. The van der Waals surface area contributed by atoms with Gasteiger partial charge in [-0.1, -0.05) is 11.6 Å². The molecule has 0 spiro atoms. The van der Waals surface area contributed by atoms with Crippen molar-refractivity contribution in [2.75, 3.05) is 6.61 Å². The Bertz CT molecular complexity index is 1510. The number of hydrogen-bond donors (Lipinski definition) is 0. The Morgan fingerprint density at radius 1 is 1.14 bits per heavy atom. The van der Waals surface area contributed by atoms with Crippen molar-refractivity contribution in [1.82, 2.24) is 29.3 Å². The van der Waals surface area contributed by atoms with Gasteiger partial charge in [0, 0.05) is 41.9 Å². The van der Waals surface area contributed by atoms with Crippen LogP contribution in [0.2, 0.25) is 5.02 Å². The molecule has 2 unspecified atom stereocenters. The van der Waals surface area contributed by atoms with E-state index in [-0.39, 0.29) is 39.2 Å². The lowest BCUT2D eigenvalue weighted by Crippen LogP contribution is -2.25. The highest BCUT2D eigenvalue weighted by Gasteiger charge is 2.31. The molecule has 1 saturated heterocycles. The summed E-state index contributed by atoms with van der Waals surface area (Å²) in [5.41, 5.74) is 1.73. The van der Waals surface area contributed by atoms with Crippen LogP contribution in [0.3, 0.4) is 0 Å². The fraction of sp³-hybridized carbons (Fsp3) is 0.400. The molecule has 10 heteroatoms. The summed E-state index contributed by atoms with van der Waals surface area (Å²) in [5, 5.41) is 4.77. The fourth-order valence-corrected chi connectivity index (χ4v) is 4.80. The van der Waals surface area contributed by atoms with Crippen molar-refractivity contribution < 1.29 is 9.13 Å². The van der Waals surface area contributed by atoms with E-state index in [9.17, 15) is 9.18 Å². The molecule has 0 amide bonds. The summed E-state index contributed by atoms with van der Waals surface area (Å²) in [7, 11) is 1.65. The van der Waals surface area contributed by atoms with Crippen molar-refractivity contribution in [2.45, 2.75) is 50.7 Å². The second-order valence-electron chi connectivity index (χ2n) is 9.34. The van der Waals surface area contributed by atoms with Crippen molar-refractivity contribution in [3.63, 3.8) is 0 Å². The second-order valence-corrected chi connectivity index (χ2v) is 9.78. The van der Waals surface area contributed by atoms with Crippen molar-refractivity contribution >= 4 is 22.6 Å². The number of hydrogen-bond acceptors (Lipinski definition) is 6. The first kappa shape index (κ1) is 22.3. The molecule has 1 saturated carbocycles. The van der Waals surface area contributed by atoms with Crippen LogP contribution in [0.5, 0.6) is 0 Å². The first-order valence-corrected chi connectivity index (χ1v) is 12.1. The van der Waals surface area contributed by atoms with E-state index < -0.39 is 5.82 Å². The molecule has 3 aromatic heterocycles. The third-order valence-electron chi connectivity index (χ3n) is 6.92. The number of rotatable bonds is 4. The van der Waals surface area contributed by atoms with Crippen molar-refractivity contribution in [3.8, 4) is 11.3 Å². The van der Waals surface area contributed by atoms with Gasteiger partial charge in [-0.3, -0.25) is 14.0 Å². The summed E-state index contributed by atoms with van der Waals surface area (Å²) < 4.78 is 24.5. The zero-order valence-corrected chi connectivity index (χ0v) is 20.2. The summed E-state index contributed by atoms with van der Waals surface area (Å²) in [6.07, 6.45) is 7.44. The van der Waals surface area contributed by atoms with Gasteiger partial charge in [0.15, 0.2) is 5.52 Å². The average molecular weight is 495 g/mol. The van der Waals surface area contributed by atoms with Gasteiger partial charge in [-0.15, -0.1) is 0 Å². The lowest BCUT2D eigenvalue weighted by Gasteiger charge is -2.28. The Labute approximate surface area is 205 Å². The predicted octanol–water partition coefficient (Wildman–Crippen LogP) is 4.66. The average Bonchev–Trinajstić information content (AvgIpc) is 3.59. The molecular weight excluding hydrogens is 471 g/mol. The van der Waals surface area contributed by atoms with Crippen LogP contribution in [0.4, 0.5) is 4.39 Å². The smallest absolute Gasteiger partial charge is 0.279 e. The highest BCUT2D eigenvalue weighted by molar-refractivity contribution is 6.30. The lowest BCUT2D eigenvalue weighted by molar-refractivity contribution is 0.00397. The van der Waals surface area contributed by atoms with E-state index in [2.05, 4.69) is 21.3 Å². The first-order valence-electron chi connectivity index (χ1n) is 11.8. The highest BCUT2D eigenvalue weighted by Crippen LogP contribution is 2.39. The van der Waals surface area contributed by atoms with Gasteiger partial charge in [0.25, 0.3) is 5.56 Å². The van der Waals surface area contributed by atoms with Crippen LogP contribution in [0.15, 0.2) is 35.4 Å². The number of halogens is 2. The van der Waals surface area contributed by atoms with Gasteiger partial charge in [-0.05, 0) is 50.8 Å². The van der Waals surface area contributed by atoms with Crippen molar-refractivity contribution in [3.05, 3.63) is 69.0 Å². The summed E-state index contributed by atoms with van der Waals surface area (Å²) in [6, 6.07) is 4.90. The van der Waals surface area contributed by atoms with E-state index in [1.165, 1.54) is 10.6 Å². The number of nitrogens with zero attached hydrogens (tertiary/aromatic N) is 6. The van der Waals surface area contributed by atoms with Gasteiger partial charge in [-0.25, -0.2) is 19.3 Å². The molecule has 1 aliphatic heterocycles. The molecule has 8 nitrogen and oxygen atoms in total. The van der Waals surface area contributed by atoms with E-state index in [1.54, 1.807) is 26.1 Å². The maximum atomic E-state index is 15.0. The van der Waals surface area contributed by atoms with Gasteiger partial charge in [0.1, 0.15) is 28.7 Å². The van der Waals surface area contributed by atoms with Crippen LogP contribution >= 0.6 is 11.6 Å². The normalized spacial score (nSPS) is 20.5. The third-order valence-corrected chi connectivity index (χ3v) is 7.15. The van der Waals surface area contributed by atoms with E-state index in [0.29, 0.717) is 42.8 Å². The van der Waals surface area contributed by atoms with Crippen molar-refractivity contribution in [2.24, 2.45) is 7.05 Å². The highest BCUT2D eigenvalue weighted by atomic mass is 35.5. The fourth-order valence-electron chi connectivity index (χ4n) is 4.64. The van der Waals surface area contributed by atoms with Crippen LogP contribution in [0.25, 0.3) is 22.3 Å².